The van der Waals surface area contributed by atoms with E-state index in [-0.39, 0.29) is 0 Å². The van der Waals surface area contributed by atoms with Gasteiger partial charge in [0.1, 0.15) is 17.4 Å². The first kappa shape index (κ1) is 19.0. The van der Waals surface area contributed by atoms with Gasteiger partial charge in [-0.15, -0.1) is 0 Å². The SMILES string of the molecule is S=C(NCc1ccco1)Nc1nc(N2CCCCCC2)cc(N2CCCC2)n1. The van der Waals surface area contributed by atoms with Crippen molar-refractivity contribution in [3.05, 3.63) is 30.2 Å². The van der Waals surface area contributed by atoms with Crippen LogP contribution in [0.15, 0.2) is 28.9 Å². The number of furan rings is 1. The largest absolute Gasteiger partial charge is 0.467 e. The maximum atomic E-state index is 5.44. The lowest BCUT2D eigenvalue weighted by molar-refractivity contribution is 0.503. The summed E-state index contributed by atoms with van der Waals surface area (Å²) in [7, 11) is 0. The van der Waals surface area contributed by atoms with Crippen LogP contribution in [-0.4, -0.2) is 41.3 Å². The quantitative estimate of drug-likeness (QED) is 0.739. The fourth-order valence-corrected chi connectivity index (χ4v) is 3.94. The third-order valence-corrected chi connectivity index (χ3v) is 5.53. The number of thiocarbonyl (C=S) groups is 1. The summed E-state index contributed by atoms with van der Waals surface area (Å²) in [6.07, 6.45) is 9.12. The Morgan fingerprint density at radius 1 is 0.964 bits per heavy atom. The van der Waals surface area contributed by atoms with E-state index in [1.165, 1.54) is 38.5 Å². The molecular formula is C20H28N6OS. The Bertz CT molecular complexity index is 767. The van der Waals surface area contributed by atoms with E-state index in [0.717, 1.165) is 43.6 Å². The van der Waals surface area contributed by atoms with Gasteiger partial charge in [0.25, 0.3) is 0 Å². The van der Waals surface area contributed by atoms with Crippen LogP contribution < -0.4 is 20.4 Å². The van der Waals surface area contributed by atoms with Gasteiger partial charge in [0, 0.05) is 32.2 Å². The normalized spacial score (nSPS) is 17.4. The van der Waals surface area contributed by atoms with E-state index < -0.39 is 0 Å². The summed E-state index contributed by atoms with van der Waals surface area (Å²) in [5.41, 5.74) is 0. The molecule has 150 valence electrons. The van der Waals surface area contributed by atoms with Gasteiger partial charge in [-0.25, -0.2) is 0 Å². The second-order valence-electron chi connectivity index (χ2n) is 7.39. The van der Waals surface area contributed by atoms with Gasteiger partial charge >= 0.3 is 0 Å². The van der Waals surface area contributed by atoms with Crippen LogP contribution in [0.2, 0.25) is 0 Å². The number of rotatable bonds is 5. The third-order valence-electron chi connectivity index (χ3n) is 5.29. The molecule has 2 fully saturated rings. The minimum Gasteiger partial charge on any atom is -0.467 e. The van der Waals surface area contributed by atoms with Gasteiger partial charge in [0.2, 0.25) is 5.95 Å². The molecule has 4 rings (SSSR count). The molecule has 2 N–H and O–H groups in total. The third kappa shape index (κ3) is 4.92. The molecule has 0 atom stereocenters. The Morgan fingerprint density at radius 2 is 1.57 bits per heavy atom. The Hall–Kier alpha value is -2.35. The topological polar surface area (TPSA) is 69.5 Å². The van der Waals surface area contributed by atoms with Gasteiger partial charge < -0.3 is 24.9 Å². The van der Waals surface area contributed by atoms with Crippen LogP contribution in [-0.2, 0) is 6.54 Å². The minimum atomic E-state index is 0.497. The van der Waals surface area contributed by atoms with Crippen LogP contribution in [0.3, 0.4) is 0 Å². The van der Waals surface area contributed by atoms with Gasteiger partial charge in [-0.05, 0) is 50.0 Å². The first-order chi connectivity index (χ1) is 13.8. The van der Waals surface area contributed by atoms with Crippen molar-refractivity contribution in [3.8, 4) is 0 Å². The molecule has 28 heavy (non-hydrogen) atoms. The molecule has 7 nitrogen and oxygen atoms in total. The van der Waals surface area contributed by atoms with Crippen LogP contribution in [0.5, 0.6) is 0 Å². The molecule has 2 aliphatic heterocycles. The van der Waals surface area contributed by atoms with E-state index in [1.807, 2.05) is 12.1 Å². The lowest BCUT2D eigenvalue weighted by atomic mass is 10.2. The maximum absolute atomic E-state index is 5.44. The molecule has 0 aliphatic carbocycles. The van der Waals surface area contributed by atoms with Crippen molar-refractivity contribution in [3.63, 3.8) is 0 Å². The fourth-order valence-electron chi connectivity index (χ4n) is 3.77. The second-order valence-corrected chi connectivity index (χ2v) is 7.80. The van der Waals surface area contributed by atoms with E-state index in [1.54, 1.807) is 6.26 Å². The van der Waals surface area contributed by atoms with E-state index in [4.69, 9.17) is 26.6 Å². The molecule has 2 aromatic rings. The zero-order chi connectivity index (χ0) is 19.2. The van der Waals surface area contributed by atoms with Gasteiger partial charge in [0.15, 0.2) is 5.11 Å². The molecule has 0 aromatic carbocycles. The van der Waals surface area contributed by atoms with Crippen molar-refractivity contribution >= 4 is 34.9 Å². The monoisotopic (exact) mass is 400 g/mol. The van der Waals surface area contributed by atoms with Crippen LogP contribution in [0.25, 0.3) is 0 Å². The molecule has 0 spiro atoms. The second kappa shape index (κ2) is 9.23. The molecule has 0 bridgehead atoms. The molecule has 4 heterocycles. The van der Waals surface area contributed by atoms with E-state index in [0.29, 0.717) is 17.6 Å². The standard InChI is InChI=1S/C20H28N6OS/c28-20(21-15-16-8-7-13-27-16)24-19-22-17(25-9-3-1-2-4-10-25)14-18(23-19)26-11-5-6-12-26/h7-8,13-14H,1-6,9-12,15H2,(H2,21,22,23,24,28). The zero-order valence-electron chi connectivity index (χ0n) is 16.2. The van der Waals surface area contributed by atoms with Crippen LogP contribution >= 0.6 is 12.2 Å². The average Bonchev–Trinajstić information content (AvgIpc) is 3.36. The van der Waals surface area contributed by atoms with Crippen molar-refractivity contribution in [1.82, 2.24) is 15.3 Å². The lowest BCUT2D eigenvalue weighted by Gasteiger charge is -2.25. The zero-order valence-corrected chi connectivity index (χ0v) is 17.0. The Kier molecular flexibility index (Phi) is 6.26. The fraction of sp³-hybridized carbons (Fsp3) is 0.550. The van der Waals surface area contributed by atoms with Crippen molar-refractivity contribution in [2.24, 2.45) is 0 Å². The molecule has 2 aromatic heterocycles. The van der Waals surface area contributed by atoms with E-state index >= 15 is 0 Å². The molecule has 0 amide bonds. The Balaban J connectivity index is 1.50. The van der Waals surface area contributed by atoms with Gasteiger partial charge in [-0.1, -0.05) is 12.8 Å². The van der Waals surface area contributed by atoms with Gasteiger partial charge in [-0.2, -0.15) is 9.97 Å². The van der Waals surface area contributed by atoms with Crippen LogP contribution in [0, 0.1) is 0 Å². The number of nitrogens with zero attached hydrogens (tertiary/aromatic N) is 4. The van der Waals surface area contributed by atoms with Gasteiger partial charge in [-0.3, -0.25) is 0 Å². The van der Waals surface area contributed by atoms with Gasteiger partial charge in [0.05, 0.1) is 12.8 Å². The van der Waals surface area contributed by atoms with Crippen molar-refractivity contribution in [2.75, 3.05) is 41.3 Å². The van der Waals surface area contributed by atoms with E-state index in [2.05, 4.69) is 26.5 Å². The number of nitrogens with one attached hydrogen (secondary N) is 2. The van der Waals surface area contributed by atoms with Crippen molar-refractivity contribution in [2.45, 2.75) is 45.1 Å². The number of anilines is 3. The highest BCUT2D eigenvalue weighted by atomic mass is 32.1. The molecule has 0 unspecified atom stereocenters. The average molecular weight is 401 g/mol. The van der Waals surface area contributed by atoms with Crippen LogP contribution in [0.1, 0.15) is 44.3 Å². The summed E-state index contributed by atoms with van der Waals surface area (Å²) < 4.78 is 5.34. The molecular weight excluding hydrogens is 372 g/mol. The first-order valence-corrected chi connectivity index (χ1v) is 10.6. The minimum absolute atomic E-state index is 0.497. The summed E-state index contributed by atoms with van der Waals surface area (Å²) >= 11 is 5.44. The predicted molar refractivity (Wildman–Crippen MR) is 116 cm³/mol. The molecule has 2 aliphatic rings. The first-order valence-electron chi connectivity index (χ1n) is 10.2. The smallest absolute Gasteiger partial charge is 0.232 e. The number of aromatic nitrogens is 2. The predicted octanol–water partition coefficient (Wildman–Crippen LogP) is 3.54. The highest BCUT2D eigenvalue weighted by Gasteiger charge is 2.19. The summed E-state index contributed by atoms with van der Waals surface area (Å²) in [5, 5.41) is 6.81. The van der Waals surface area contributed by atoms with Crippen molar-refractivity contribution in [1.29, 1.82) is 0 Å². The van der Waals surface area contributed by atoms with Crippen molar-refractivity contribution < 1.29 is 4.42 Å². The Morgan fingerprint density at radius 3 is 2.14 bits per heavy atom. The molecule has 0 saturated carbocycles. The maximum Gasteiger partial charge on any atom is 0.232 e. The van der Waals surface area contributed by atoms with Crippen LogP contribution in [0.4, 0.5) is 17.6 Å². The summed E-state index contributed by atoms with van der Waals surface area (Å²) in [4.78, 5) is 14.3. The highest BCUT2D eigenvalue weighted by Crippen LogP contribution is 2.26. The molecule has 0 radical (unpaired) electrons. The summed E-state index contributed by atoms with van der Waals surface area (Å²) in [6.45, 7) is 4.74. The summed E-state index contributed by atoms with van der Waals surface area (Å²) in [5.74, 6) is 3.37. The highest BCUT2D eigenvalue weighted by molar-refractivity contribution is 7.80. The summed E-state index contributed by atoms with van der Waals surface area (Å²) in [6, 6.07) is 5.92. The lowest BCUT2D eigenvalue weighted by Crippen LogP contribution is -2.30. The Labute approximate surface area is 171 Å². The number of hydrogen-bond acceptors (Lipinski definition) is 6. The molecule has 2 saturated heterocycles. The number of hydrogen-bond donors (Lipinski definition) is 2. The van der Waals surface area contributed by atoms with E-state index in [9.17, 15) is 0 Å². The molecule has 8 heteroatoms.